The summed E-state index contributed by atoms with van der Waals surface area (Å²) in [5, 5.41) is 0. The van der Waals surface area contributed by atoms with Crippen molar-refractivity contribution in [1.82, 2.24) is 4.90 Å². The zero-order chi connectivity index (χ0) is 14.1. The van der Waals surface area contributed by atoms with Crippen LogP contribution in [0.1, 0.15) is 79.1 Å². The third kappa shape index (κ3) is 1.91. The van der Waals surface area contributed by atoms with E-state index >= 15 is 0 Å². The van der Waals surface area contributed by atoms with Crippen LogP contribution >= 0.6 is 0 Å². The van der Waals surface area contributed by atoms with Crippen LogP contribution in [0.5, 0.6) is 0 Å². The quantitative estimate of drug-likeness (QED) is 0.678. The first-order valence-corrected chi connectivity index (χ1v) is 8.55. The molecule has 1 saturated heterocycles. The molecular weight excluding hydrogens is 230 g/mol. The van der Waals surface area contributed by atoms with Gasteiger partial charge in [-0.1, -0.05) is 27.7 Å². The van der Waals surface area contributed by atoms with Crippen LogP contribution in [0.15, 0.2) is 0 Å². The lowest BCUT2D eigenvalue weighted by molar-refractivity contribution is -0.0731. The van der Waals surface area contributed by atoms with Crippen molar-refractivity contribution in [3.8, 4) is 0 Å². The van der Waals surface area contributed by atoms with E-state index in [1.165, 1.54) is 51.4 Å². The van der Waals surface area contributed by atoms with Gasteiger partial charge in [0.15, 0.2) is 0 Å². The monoisotopic (exact) mass is 263 g/mol. The molecule has 1 heterocycles. The Morgan fingerprint density at radius 2 is 1.32 bits per heavy atom. The highest BCUT2D eigenvalue weighted by molar-refractivity contribution is 5.13. The second-order valence-corrected chi connectivity index (χ2v) is 7.09. The van der Waals surface area contributed by atoms with Gasteiger partial charge in [-0.25, -0.2) is 0 Å². The van der Waals surface area contributed by atoms with Crippen molar-refractivity contribution in [2.75, 3.05) is 13.1 Å². The number of nitrogens with zero attached hydrogens (tertiary/aromatic N) is 1. The Hall–Kier alpha value is -0.0400. The molecule has 2 rings (SSSR count). The smallest absolute Gasteiger partial charge is 0.0438 e. The standard InChI is InChI=1S/C18H33N/c1-6-16(7-2)10-11-17(18(16,8-3)9-4)12-14-19(5)15-13-17/h5H,6-15H2,1-4H3. The molecule has 1 aliphatic carbocycles. The van der Waals surface area contributed by atoms with Crippen LogP contribution in [0, 0.1) is 23.3 Å². The van der Waals surface area contributed by atoms with E-state index in [0.29, 0.717) is 16.2 Å². The Bertz CT molecular complexity index is 291. The molecule has 0 bridgehead atoms. The van der Waals surface area contributed by atoms with Gasteiger partial charge in [0.25, 0.3) is 0 Å². The van der Waals surface area contributed by atoms with Gasteiger partial charge in [0, 0.05) is 7.05 Å². The van der Waals surface area contributed by atoms with E-state index < -0.39 is 0 Å². The molecule has 0 aromatic carbocycles. The molecule has 0 unspecified atom stereocenters. The van der Waals surface area contributed by atoms with Gasteiger partial charge in [0.05, 0.1) is 0 Å². The van der Waals surface area contributed by atoms with E-state index in [4.69, 9.17) is 7.05 Å². The maximum Gasteiger partial charge on any atom is 0.0438 e. The molecule has 0 amide bonds. The number of hydrogen-bond donors (Lipinski definition) is 0. The van der Waals surface area contributed by atoms with Gasteiger partial charge in [-0.3, -0.25) is 4.90 Å². The van der Waals surface area contributed by atoms with Gasteiger partial charge in [-0.05, 0) is 80.7 Å². The molecule has 19 heavy (non-hydrogen) atoms. The Balaban J connectivity index is 2.40. The predicted octanol–water partition coefficient (Wildman–Crippen LogP) is 5.14. The van der Waals surface area contributed by atoms with Crippen molar-refractivity contribution in [3.63, 3.8) is 0 Å². The fraction of sp³-hybridized carbons (Fsp3) is 0.944. The van der Waals surface area contributed by atoms with Gasteiger partial charge < -0.3 is 0 Å². The molecule has 2 fully saturated rings. The Labute approximate surface area is 121 Å². The van der Waals surface area contributed by atoms with E-state index in [-0.39, 0.29) is 0 Å². The highest BCUT2D eigenvalue weighted by atomic mass is 15.1. The topological polar surface area (TPSA) is 3.24 Å². The minimum atomic E-state index is 0.560. The first-order chi connectivity index (χ1) is 9.05. The minimum Gasteiger partial charge on any atom is -0.297 e. The molecule has 1 aliphatic heterocycles. The molecule has 0 atom stereocenters. The number of hydrogen-bond acceptors (Lipinski definition) is 1. The highest BCUT2D eigenvalue weighted by Gasteiger charge is 2.63. The summed E-state index contributed by atoms with van der Waals surface area (Å²) in [7, 11) is 6.02. The third-order valence-electron chi connectivity index (χ3n) is 7.43. The van der Waals surface area contributed by atoms with Gasteiger partial charge in [-0.2, -0.15) is 0 Å². The molecule has 1 nitrogen and oxygen atoms in total. The molecule has 1 saturated carbocycles. The Kier molecular flexibility index (Phi) is 4.35. The molecule has 1 heteroatoms. The van der Waals surface area contributed by atoms with Gasteiger partial charge in [0.2, 0.25) is 0 Å². The zero-order valence-corrected chi connectivity index (χ0v) is 13.6. The third-order valence-corrected chi connectivity index (χ3v) is 7.43. The van der Waals surface area contributed by atoms with E-state index in [1.54, 1.807) is 0 Å². The zero-order valence-electron chi connectivity index (χ0n) is 13.6. The lowest BCUT2D eigenvalue weighted by Gasteiger charge is -2.56. The molecule has 2 radical (unpaired) electrons. The van der Waals surface area contributed by atoms with Crippen molar-refractivity contribution < 1.29 is 0 Å². The SMILES string of the molecule is [CH]N1CCC2(CC1)CCC(CC)(CC)C2(CC)CC. The summed E-state index contributed by atoms with van der Waals surface area (Å²) in [6, 6.07) is 0. The number of piperidine rings is 1. The Morgan fingerprint density at radius 1 is 0.789 bits per heavy atom. The fourth-order valence-corrected chi connectivity index (χ4v) is 6.23. The minimum absolute atomic E-state index is 0.560. The second kappa shape index (κ2) is 5.39. The second-order valence-electron chi connectivity index (χ2n) is 7.09. The molecular formula is C18H33N. The van der Waals surface area contributed by atoms with Crippen molar-refractivity contribution >= 4 is 0 Å². The van der Waals surface area contributed by atoms with Crippen LogP contribution in [-0.2, 0) is 0 Å². The van der Waals surface area contributed by atoms with E-state index in [0.717, 1.165) is 13.1 Å². The summed E-state index contributed by atoms with van der Waals surface area (Å²) < 4.78 is 0. The van der Waals surface area contributed by atoms with Crippen molar-refractivity contribution in [3.05, 3.63) is 7.05 Å². The average molecular weight is 263 g/mol. The maximum atomic E-state index is 6.02. The molecule has 0 aromatic rings. The summed E-state index contributed by atoms with van der Waals surface area (Å²) in [6.07, 6.45) is 11.0. The maximum absolute atomic E-state index is 6.02. The summed E-state index contributed by atoms with van der Waals surface area (Å²) >= 11 is 0. The van der Waals surface area contributed by atoms with Crippen molar-refractivity contribution in [2.24, 2.45) is 16.2 Å². The number of likely N-dealkylation sites (tertiary alicyclic amines) is 1. The van der Waals surface area contributed by atoms with Gasteiger partial charge in [-0.15, -0.1) is 0 Å². The predicted molar refractivity (Wildman–Crippen MR) is 82.8 cm³/mol. The summed E-state index contributed by atoms with van der Waals surface area (Å²) in [5.41, 5.74) is 1.73. The normalized spacial score (nSPS) is 28.9. The Morgan fingerprint density at radius 3 is 1.74 bits per heavy atom. The van der Waals surface area contributed by atoms with Crippen LogP contribution in [0.2, 0.25) is 0 Å². The van der Waals surface area contributed by atoms with E-state index in [1.807, 2.05) is 4.90 Å². The fourth-order valence-electron chi connectivity index (χ4n) is 6.23. The van der Waals surface area contributed by atoms with Gasteiger partial charge >= 0.3 is 0 Å². The van der Waals surface area contributed by atoms with E-state index in [2.05, 4.69) is 27.7 Å². The highest BCUT2D eigenvalue weighted by Crippen LogP contribution is 2.71. The molecule has 0 aromatic heterocycles. The summed E-state index contributed by atoms with van der Waals surface area (Å²) in [4.78, 5) is 2.04. The van der Waals surface area contributed by atoms with Gasteiger partial charge in [0.1, 0.15) is 0 Å². The van der Waals surface area contributed by atoms with Crippen LogP contribution < -0.4 is 0 Å². The van der Waals surface area contributed by atoms with Crippen LogP contribution in [0.3, 0.4) is 0 Å². The molecule has 2 aliphatic rings. The largest absolute Gasteiger partial charge is 0.297 e. The molecule has 1 spiro atoms. The first-order valence-electron chi connectivity index (χ1n) is 8.55. The molecule has 110 valence electrons. The van der Waals surface area contributed by atoms with Crippen molar-refractivity contribution in [2.45, 2.75) is 79.1 Å². The molecule has 0 N–H and O–H groups in total. The first kappa shape index (κ1) is 15.4. The summed E-state index contributed by atoms with van der Waals surface area (Å²) in [5.74, 6) is 0. The van der Waals surface area contributed by atoms with Crippen LogP contribution in [-0.4, -0.2) is 18.0 Å². The van der Waals surface area contributed by atoms with Crippen LogP contribution in [0.25, 0.3) is 0 Å². The van der Waals surface area contributed by atoms with Crippen molar-refractivity contribution in [1.29, 1.82) is 0 Å². The van der Waals surface area contributed by atoms with E-state index in [9.17, 15) is 0 Å². The number of rotatable bonds is 4. The lowest BCUT2D eigenvalue weighted by atomic mass is 9.49. The lowest BCUT2D eigenvalue weighted by Crippen LogP contribution is -2.51. The average Bonchev–Trinajstić information content (AvgIpc) is 2.73. The van der Waals surface area contributed by atoms with Crippen LogP contribution in [0.4, 0.5) is 0 Å². The summed E-state index contributed by atoms with van der Waals surface area (Å²) in [6.45, 7) is 12.0.